The van der Waals surface area contributed by atoms with Crippen LogP contribution in [0.25, 0.3) is 0 Å². The minimum Gasteiger partial charge on any atom is -0.270 e. The topological polar surface area (TPSA) is 86.8 Å². The van der Waals surface area contributed by atoms with E-state index >= 15 is 0 Å². The molecule has 0 amide bonds. The van der Waals surface area contributed by atoms with Crippen LogP contribution in [0.2, 0.25) is 0 Å². The maximum Gasteiger partial charge on any atom is 0.492 e. The van der Waals surface area contributed by atoms with Crippen LogP contribution in [-0.4, -0.2) is 19.1 Å². The van der Waals surface area contributed by atoms with Gasteiger partial charge < -0.3 is 0 Å². The number of hydrogen-bond acceptors (Lipinski definition) is 3. The van der Waals surface area contributed by atoms with Gasteiger partial charge in [-0.05, 0) is 4.28 Å². The van der Waals surface area contributed by atoms with Gasteiger partial charge >= 0.3 is 16.4 Å². The van der Waals surface area contributed by atoms with E-state index < -0.39 is 16.4 Å². The zero-order valence-corrected chi connectivity index (χ0v) is 3.79. The monoisotopic (exact) mass is 128 g/mol. The summed E-state index contributed by atoms with van der Waals surface area (Å²) in [5, 5.41) is 6.32. The molecule has 0 aliphatic heterocycles. The first-order valence-electron chi connectivity index (χ1n) is 1.08. The Bertz CT molecular complexity index is 84.3. The van der Waals surface area contributed by atoms with E-state index in [0.717, 1.165) is 0 Å². The fourth-order valence-electron chi connectivity index (χ4n) is 0.0545. The summed E-state index contributed by atoms with van der Waals surface area (Å²) in [6, 6.07) is 0. The van der Waals surface area contributed by atoms with Crippen molar-refractivity contribution in [2.45, 2.75) is 0 Å². The fraction of sp³-hybridized carbons (Fsp3) is 0. The average Bonchev–Trinajstić information content (AvgIpc) is 1.27. The third kappa shape index (κ3) is 5.31. The highest BCUT2D eigenvalue weighted by molar-refractivity contribution is 7.74. The van der Waals surface area contributed by atoms with Crippen LogP contribution in [0.15, 0.2) is 0 Å². The van der Waals surface area contributed by atoms with E-state index in [1.54, 1.807) is 0 Å². The summed E-state index contributed by atoms with van der Waals surface area (Å²) < 4.78 is 20.0. The SMILES string of the molecule is O=[N+](O)OS(=O)O. The third-order valence-electron chi connectivity index (χ3n) is 0.128. The second-order valence-corrected chi connectivity index (χ2v) is 1.11. The van der Waals surface area contributed by atoms with Crippen molar-refractivity contribution < 1.29 is 23.3 Å². The first-order valence-corrected chi connectivity index (χ1v) is 2.11. The second kappa shape index (κ2) is 2.48. The molecule has 0 fully saturated rings. The zero-order chi connectivity index (χ0) is 5.86. The molecule has 7 heavy (non-hydrogen) atoms. The van der Waals surface area contributed by atoms with Crippen molar-refractivity contribution in [2.75, 3.05) is 0 Å². The fourth-order valence-corrected chi connectivity index (χ4v) is 0.164. The molecular weight excluding hydrogens is 126 g/mol. The molecule has 0 spiro atoms. The molecule has 42 valence electrons. The molecule has 2 N–H and O–H groups in total. The van der Waals surface area contributed by atoms with Crippen LogP contribution in [0.4, 0.5) is 0 Å². The number of nitrogens with zero attached hydrogens (tertiary/aromatic N) is 1. The zero-order valence-electron chi connectivity index (χ0n) is 2.97. The molecule has 0 saturated heterocycles. The maximum atomic E-state index is 9.30. The molecule has 0 heterocycles. The van der Waals surface area contributed by atoms with E-state index in [4.69, 9.17) is 14.7 Å². The highest BCUT2D eigenvalue weighted by atomic mass is 32.2. The first kappa shape index (κ1) is 6.31. The molecule has 0 aromatic carbocycles. The summed E-state index contributed by atoms with van der Waals surface area (Å²) in [4.78, 5) is 9.15. The average molecular weight is 128 g/mol. The Balaban J connectivity index is 3.32. The molecule has 0 bridgehead atoms. The molecule has 0 radical (unpaired) electrons. The van der Waals surface area contributed by atoms with Crippen LogP contribution in [0.5, 0.6) is 0 Å². The molecule has 1 atom stereocenters. The Morgan fingerprint density at radius 1 is 1.71 bits per heavy atom. The van der Waals surface area contributed by atoms with Gasteiger partial charge in [-0.1, -0.05) is 0 Å². The Kier molecular flexibility index (Phi) is 2.23. The third-order valence-corrected chi connectivity index (χ3v) is 0.383. The van der Waals surface area contributed by atoms with Crippen molar-refractivity contribution in [3.63, 3.8) is 0 Å². The Labute approximate surface area is 40.7 Å². The van der Waals surface area contributed by atoms with Crippen molar-refractivity contribution in [2.24, 2.45) is 0 Å². The number of rotatable bonds is 2. The number of hydrogen-bond donors (Lipinski definition) is 2. The van der Waals surface area contributed by atoms with Gasteiger partial charge in [0.25, 0.3) is 0 Å². The highest BCUT2D eigenvalue weighted by Gasteiger charge is 2.08. The van der Waals surface area contributed by atoms with Gasteiger partial charge in [0.2, 0.25) is 0 Å². The van der Waals surface area contributed by atoms with Crippen molar-refractivity contribution >= 4 is 11.4 Å². The summed E-state index contributed by atoms with van der Waals surface area (Å²) in [6.45, 7) is 0. The molecule has 6 nitrogen and oxygen atoms in total. The van der Waals surface area contributed by atoms with Crippen LogP contribution in [0.3, 0.4) is 0 Å². The van der Waals surface area contributed by atoms with Gasteiger partial charge in [0.15, 0.2) is 0 Å². The molecule has 0 aromatic heterocycles. The van der Waals surface area contributed by atoms with Gasteiger partial charge in [-0.3, -0.25) is 4.55 Å². The normalized spacial score (nSPS) is 12.7. The van der Waals surface area contributed by atoms with E-state index in [1.807, 2.05) is 0 Å². The summed E-state index contributed by atoms with van der Waals surface area (Å²) in [6.07, 6.45) is 0. The van der Waals surface area contributed by atoms with E-state index in [0.29, 0.717) is 0 Å². The van der Waals surface area contributed by atoms with Gasteiger partial charge in [0, 0.05) is 0 Å². The van der Waals surface area contributed by atoms with Gasteiger partial charge in [-0.2, -0.15) is 9.42 Å². The summed E-state index contributed by atoms with van der Waals surface area (Å²) >= 11 is -2.73. The van der Waals surface area contributed by atoms with Crippen LogP contribution in [0, 0.1) is 4.91 Å². The largest absolute Gasteiger partial charge is 0.492 e. The van der Waals surface area contributed by atoms with E-state index in [2.05, 4.69) is 4.28 Å². The van der Waals surface area contributed by atoms with Crippen LogP contribution < -0.4 is 0 Å². The van der Waals surface area contributed by atoms with Crippen molar-refractivity contribution in [1.82, 2.24) is 0 Å². The molecular formula is H2NO5S+. The van der Waals surface area contributed by atoms with Crippen LogP contribution in [-0.2, 0) is 15.6 Å². The Hall–Kier alpha value is -0.690. The van der Waals surface area contributed by atoms with Crippen molar-refractivity contribution in [3.8, 4) is 0 Å². The van der Waals surface area contributed by atoms with Gasteiger partial charge in [-0.15, -0.1) is 0 Å². The summed E-state index contributed by atoms with van der Waals surface area (Å²) in [5.74, 6) is 0. The molecule has 0 rings (SSSR count). The predicted octanol–water partition coefficient (Wildman–Crippen LogP) is -0.777. The summed E-state index contributed by atoms with van der Waals surface area (Å²) in [7, 11) is 0. The highest BCUT2D eigenvalue weighted by Crippen LogP contribution is 1.73. The van der Waals surface area contributed by atoms with Crippen molar-refractivity contribution in [1.29, 1.82) is 0 Å². The minimum atomic E-state index is -2.73. The second-order valence-electron chi connectivity index (χ2n) is 0.529. The predicted molar refractivity (Wildman–Crippen MR) is 17.3 cm³/mol. The molecule has 0 saturated carbocycles. The van der Waals surface area contributed by atoms with E-state index in [-0.39, 0.29) is 0 Å². The molecule has 7 heteroatoms. The Morgan fingerprint density at radius 3 is 2.14 bits per heavy atom. The molecule has 0 aliphatic carbocycles. The lowest BCUT2D eigenvalue weighted by Crippen LogP contribution is -2.04. The standard InChI is InChI=1S/HNO5S/c2-1(3)6-7(4)5/h(H-,2,3,4,5)/p+1. The van der Waals surface area contributed by atoms with Gasteiger partial charge in [0.1, 0.15) is 4.91 Å². The van der Waals surface area contributed by atoms with E-state index in [9.17, 15) is 4.21 Å². The minimum absolute atomic E-state index is 1.10. The quantitative estimate of drug-likeness (QED) is 0.376. The Morgan fingerprint density at radius 2 is 2.14 bits per heavy atom. The summed E-state index contributed by atoms with van der Waals surface area (Å²) in [5.41, 5.74) is 0. The van der Waals surface area contributed by atoms with Gasteiger partial charge in [-0.25, -0.2) is 0 Å². The first-order chi connectivity index (χ1) is 3.13. The van der Waals surface area contributed by atoms with E-state index in [1.165, 1.54) is 0 Å². The smallest absolute Gasteiger partial charge is 0.270 e. The lowest BCUT2D eigenvalue weighted by molar-refractivity contribution is -0.946. The molecule has 0 aromatic rings. The molecule has 1 unspecified atom stereocenters. The maximum absolute atomic E-state index is 9.30. The lowest BCUT2D eigenvalue weighted by atomic mass is 13.1. The molecule has 0 aliphatic rings. The lowest BCUT2D eigenvalue weighted by Gasteiger charge is -1.71. The van der Waals surface area contributed by atoms with Crippen LogP contribution >= 0.6 is 0 Å². The van der Waals surface area contributed by atoms with Crippen LogP contribution in [0.1, 0.15) is 0 Å². The van der Waals surface area contributed by atoms with Gasteiger partial charge in [0.05, 0.1) is 0 Å². The van der Waals surface area contributed by atoms with Crippen molar-refractivity contribution in [3.05, 3.63) is 4.91 Å².